The summed E-state index contributed by atoms with van der Waals surface area (Å²) in [6.45, 7) is 8.89. The molecule has 3 heterocycles. The predicted octanol–water partition coefficient (Wildman–Crippen LogP) is 6.22. The predicted molar refractivity (Wildman–Crippen MR) is 143 cm³/mol. The van der Waals surface area contributed by atoms with Crippen LogP contribution in [0.15, 0.2) is 30.6 Å². The van der Waals surface area contributed by atoms with Crippen LogP contribution < -0.4 is 10.1 Å². The zero-order chi connectivity index (χ0) is 29.2. The molecule has 218 valence electrons. The van der Waals surface area contributed by atoms with E-state index >= 15 is 0 Å². The van der Waals surface area contributed by atoms with Crippen LogP contribution in [0.5, 0.6) is 11.5 Å². The van der Waals surface area contributed by atoms with Crippen LogP contribution in [0.25, 0.3) is 11.0 Å². The molecule has 2 amide bonds. The minimum absolute atomic E-state index is 0.102. The maximum Gasteiger partial charge on any atom is 0.418 e. The Morgan fingerprint density at radius 2 is 1.75 bits per heavy atom. The highest BCUT2D eigenvalue weighted by molar-refractivity contribution is 6.76. The number of nitrogens with one attached hydrogen (secondary N) is 1. The van der Waals surface area contributed by atoms with Gasteiger partial charge in [-0.05, 0) is 19.2 Å². The molecule has 8 nitrogen and oxygen atoms in total. The Morgan fingerprint density at radius 3 is 2.35 bits per heavy atom. The Bertz CT molecular complexity index is 1340. The van der Waals surface area contributed by atoms with Crippen LogP contribution in [-0.2, 0) is 17.6 Å². The molecule has 1 aliphatic rings. The fraction of sp³-hybridized carbons (Fsp3) is 0.462. The average molecular weight is 586 g/mol. The van der Waals surface area contributed by atoms with E-state index in [9.17, 15) is 26.7 Å². The molecule has 40 heavy (non-hydrogen) atoms. The number of hydrogen-bond acceptors (Lipinski definition) is 5. The van der Waals surface area contributed by atoms with Gasteiger partial charge >= 0.3 is 12.2 Å². The van der Waals surface area contributed by atoms with E-state index in [-0.39, 0.29) is 18.1 Å². The summed E-state index contributed by atoms with van der Waals surface area (Å²) in [4.78, 5) is 20.1. The molecule has 1 saturated heterocycles. The summed E-state index contributed by atoms with van der Waals surface area (Å²) >= 11 is 0. The normalized spacial score (nSPS) is 15.1. The first kappa shape index (κ1) is 29.7. The molecule has 2 aromatic heterocycles. The Hall–Kier alpha value is -3.23. The first-order valence-corrected chi connectivity index (χ1v) is 16.5. The lowest BCUT2D eigenvalue weighted by Gasteiger charge is -2.32. The fourth-order valence-electron chi connectivity index (χ4n) is 4.18. The van der Waals surface area contributed by atoms with Gasteiger partial charge in [-0.25, -0.2) is 18.6 Å². The number of amides is 2. The number of nitrogens with zero attached hydrogens (tertiary/aromatic N) is 4. The van der Waals surface area contributed by atoms with E-state index in [4.69, 9.17) is 9.47 Å². The SMILES string of the molecule is CN1CCN(C(=O)Nc2cc(F)c(Oc3ccnc4c3c(C(F)(F)F)cn4COCC[Si](C)(C)C)c(F)c2)CC1. The summed E-state index contributed by atoms with van der Waals surface area (Å²) in [6, 6.07) is 3.13. The minimum atomic E-state index is -4.79. The standard InChI is InChI=1S/C26H32F5N5O3Si/c1-34-7-9-35(10-8-34)25(37)33-17-13-19(27)23(20(28)14-17)39-21-5-6-32-24-22(21)18(26(29,30)31)15-36(24)16-38-11-12-40(2,3)4/h5-6,13-15H,7-12,16H2,1-4H3,(H,33,37). The van der Waals surface area contributed by atoms with E-state index in [1.165, 1.54) is 15.7 Å². The lowest BCUT2D eigenvalue weighted by molar-refractivity contribution is -0.136. The quantitative estimate of drug-likeness (QED) is 0.193. The van der Waals surface area contributed by atoms with Crippen molar-refractivity contribution in [2.24, 2.45) is 0 Å². The molecule has 0 saturated carbocycles. The van der Waals surface area contributed by atoms with Crippen molar-refractivity contribution in [1.82, 2.24) is 19.4 Å². The second kappa shape index (κ2) is 11.7. The van der Waals surface area contributed by atoms with Gasteiger partial charge in [0.15, 0.2) is 17.4 Å². The van der Waals surface area contributed by atoms with Crippen LogP contribution in [0, 0.1) is 11.6 Å². The summed E-state index contributed by atoms with van der Waals surface area (Å²) in [5.41, 5.74) is -1.32. The second-order valence-electron chi connectivity index (χ2n) is 11.0. The van der Waals surface area contributed by atoms with Gasteiger partial charge in [0.1, 0.15) is 18.1 Å². The highest BCUT2D eigenvalue weighted by atomic mass is 28.3. The van der Waals surface area contributed by atoms with E-state index in [1.807, 2.05) is 11.9 Å². The minimum Gasteiger partial charge on any atom is -0.450 e. The second-order valence-corrected chi connectivity index (χ2v) is 16.6. The number of likely N-dealkylation sites (N-methyl/N-ethyl adjacent to an activating group) is 1. The number of ether oxygens (including phenoxy) is 2. The number of urea groups is 1. The lowest BCUT2D eigenvalue weighted by Crippen LogP contribution is -2.48. The van der Waals surface area contributed by atoms with Gasteiger partial charge in [-0.2, -0.15) is 13.2 Å². The van der Waals surface area contributed by atoms with Crippen LogP contribution in [0.1, 0.15) is 5.56 Å². The van der Waals surface area contributed by atoms with Gasteiger partial charge in [-0.3, -0.25) is 0 Å². The van der Waals surface area contributed by atoms with Crippen LogP contribution in [-0.4, -0.2) is 73.3 Å². The summed E-state index contributed by atoms with van der Waals surface area (Å²) in [5, 5.41) is 2.01. The molecule has 0 unspecified atom stereocenters. The van der Waals surface area contributed by atoms with Gasteiger partial charge in [0.2, 0.25) is 0 Å². The summed E-state index contributed by atoms with van der Waals surface area (Å²) < 4.78 is 84.1. The maximum absolute atomic E-state index is 15.0. The highest BCUT2D eigenvalue weighted by Crippen LogP contribution is 2.42. The third-order valence-corrected chi connectivity index (χ3v) is 8.21. The van der Waals surface area contributed by atoms with Crippen LogP contribution in [0.3, 0.4) is 0 Å². The molecular weight excluding hydrogens is 553 g/mol. The van der Waals surface area contributed by atoms with E-state index in [0.29, 0.717) is 32.8 Å². The number of aromatic nitrogens is 2. The topological polar surface area (TPSA) is 71.9 Å². The van der Waals surface area contributed by atoms with Gasteiger partial charge < -0.3 is 29.2 Å². The average Bonchev–Trinajstić information content (AvgIpc) is 3.24. The molecule has 1 aromatic carbocycles. The molecule has 1 fully saturated rings. The third kappa shape index (κ3) is 7.09. The van der Waals surface area contributed by atoms with E-state index in [1.54, 1.807) is 0 Å². The van der Waals surface area contributed by atoms with Crippen molar-refractivity contribution in [1.29, 1.82) is 0 Å². The third-order valence-electron chi connectivity index (χ3n) is 6.50. The van der Waals surface area contributed by atoms with E-state index < -0.39 is 54.4 Å². The Labute approximate surface area is 229 Å². The maximum atomic E-state index is 15.0. The van der Waals surface area contributed by atoms with Crippen molar-refractivity contribution in [2.75, 3.05) is 45.2 Å². The number of rotatable bonds is 8. The number of fused-ring (bicyclic) bond motifs is 1. The summed E-state index contributed by atoms with van der Waals surface area (Å²) in [5.74, 6) is -3.72. The van der Waals surface area contributed by atoms with Crippen LogP contribution >= 0.6 is 0 Å². The smallest absolute Gasteiger partial charge is 0.418 e. The van der Waals surface area contributed by atoms with Crippen molar-refractivity contribution < 1.29 is 36.2 Å². The summed E-state index contributed by atoms with van der Waals surface area (Å²) in [6.07, 6.45) is -2.75. The van der Waals surface area contributed by atoms with Crippen molar-refractivity contribution >= 4 is 30.8 Å². The van der Waals surface area contributed by atoms with Crippen LogP contribution in [0.4, 0.5) is 32.4 Å². The largest absolute Gasteiger partial charge is 0.450 e. The number of piperazine rings is 1. The monoisotopic (exact) mass is 585 g/mol. The lowest BCUT2D eigenvalue weighted by atomic mass is 10.2. The van der Waals surface area contributed by atoms with Gasteiger partial charge in [0.05, 0.1) is 10.9 Å². The number of benzene rings is 1. The summed E-state index contributed by atoms with van der Waals surface area (Å²) in [7, 11) is 0.512. The van der Waals surface area contributed by atoms with Crippen LogP contribution in [0.2, 0.25) is 25.7 Å². The van der Waals surface area contributed by atoms with E-state index in [2.05, 4.69) is 29.9 Å². The van der Waals surface area contributed by atoms with Gasteiger partial charge in [0.25, 0.3) is 0 Å². The highest BCUT2D eigenvalue weighted by Gasteiger charge is 2.37. The number of hydrogen-bond donors (Lipinski definition) is 1. The van der Waals surface area contributed by atoms with Gasteiger partial charge in [0, 0.05) is 71.1 Å². The number of carbonyl (C=O) groups excluding carboxylic acids is 1. The van der Waals surface area contributed by atoms with Crippen molar-refractivity contribution in [3.8, 4) is 11.5 Å². The molecule has 0 aliphatic carbocycles. The number of anilines is 1. The molecule has 4 rings (SSSR count). The van der Waals surface area contributed by atoms with Crippen molar-refractivity contribution in [2.45, 2.75) is 38.6 Å². The molecule has 0 radical (unpaired) electrons. The molecule has 3 aromatic rings. The first-order valence-electron chi connectivity index (χ1n) is 12.8. The first-order chi connectivity index (χ1) is 18.7. The van der Waals surface area contributed by atoms with Crippen molar-refractivity contribution in [3.63, 3.8) is 0 Å². The number of halogens is 5. The fourth-order valence-corrected chi connectivity index (χ4v) is 4.93. The molecule has 14 heteroatoms. The molecular formula is C26H32F5N5O3Si. The van der Waals surface area contributed by atoms with Gasteiger partial charge in [-0.1, -0.05) is 19.6 Å². The zero-order valence-electron chi connectivity index (χ0n) is 22.7. The molecule has 1 N–H and O–H groups in total. The van der Waals surface area contributed by atoms with Crippen molar-refractivity contribution in [3.05, 3.63) is 47.8 Å². The molecule has 0 bridgehead atoms. The number of carbonyl (C=O) groups is 1. The Balaban J connectivity index is 1.58. The number of pyridine rings is 1. The Morgan fingerprint density at radius 1 is 1.10 bits per heavy atom. The number of alkyl halides is 3. The molecule has 1 aliphatic heterocycles. The zero-order valence-corrected chi connectivity index (χ0v) is 23.7. The van der Waals surface area contributed by atoms with Gasteiger partial charge in [-0.15, -0.1) is 0 Å². The molecule has 0 spiro atoms. The molecule has 0 atom stereocenters. The van der Waals surface area contributed by atoms with E-state index in [0.717, 1.165) is 30.4 Å². The Kier molecular flexibility index (Phi) is 8.71.